The van der Waals surface area contributed by atoms with Gasteiger partial charge >= 0.3 is 0 Å². The molecule has 0 radical (unpaired) electrons. The summed E-state index contributed by atoms with van der Waals surface area (Å²) in [7, 11) is 0. The van der Waals surface area contributed by atoms with Crippen LogP contribution in [-0.2, 0) is 9.59 Å². The number of para-hydroxylation sites is 1. The van der Waals surface area contributed by atoms with Gasteiger partial charge in [-0.3, -0.25) is 9.59 Å². The summed E-state index contributed by atoms with van der Waals surface area (Å²) in [5, 5.41) is 2.69. The van der Waals surface area contributed by atoms with Crippen LogP contribution < -0.4 is 5.32 Å². The molecule has 0 spiro atoms. The maximum absolute atomic E-state index is 12.0. The maximum atomic E-state index is 12.0. The van der Waals surface area contributed by atoms with Gasteiger partial charge in [-0.25, -0.2) is 0 Å². The van der Waals surface area contributed by atoms with Gasteiger partial charge in [-0.1, -0.05) is 48.2 Å². The van der Waals surface area contributed by atoms with Gasteiger partial charge in [0.05, 0.1) is 12.3 Å². The molecule has 0 saturated carbocycles. The van der Waals surface area contributed by atoms with E-state index in [9.17, 15) is 9.59 Å². The van der Waals surface area contributed by atoms with E-state index in [-0.39, 0.29) is 18.1 Å². The Labute approximate surface area is 130 Å². The molecule has 110 valence electrons. The van der Waals surface area contributed by atoms with Crippen molar-refractivity contribution in [2.24, 2.45) is 5.92 Å². The van der Waals surface area contributed by atoms with Crippen molar-refractivity contribution in [3.05, 3.63) is 66.2 Å². The van der Waals surface area contributed by atoms with Crippen molar-refractivity contribution in [2.75, 3.05) is 5.32 Å². The number of carbonyl (C=O) groups excluding carboxylic acids is 2. The van der Waals surface area contributed by atoms with E-state index in [4.69, 9.17) is 0 Å². The number of benzene rings is 2. The summed E-state index contributed by atoms with van der Waals surface area (Å²) in [4.78, 5) is 23.8. The maximum Gasteiger partial charge on any atom is 0.231 e. The Hall–Kier alpha value is -2.86. The predicted octanol–water partition coefficient (Wildman–Crippen LogP) is 3.27. The normalized spacial score (nSPS) is 11.0. The van der Waals surface area contributed by atoms with Crippen LogP contribution in [0.15, 0.2) is 60.7 Å². The van der Waals surface area contributed by atoms with Gasteiger partial charge < -0.3 is 5.32 Å². The van der Waals surface area contributed by atoms with Crippen LogP contribution in [0.3, 0.4) is 0 Å². The molecule has 2 aromatic rings. The largest absolute Gasteiger partial charge is 0.326 e. The van der Waals surface area contributed by atoms with Crippen LogP contribution in [-0.4, -0.2) is 11.7 Å². The molecule has 0 heterocycles. The minimum Gasteiger partial charge on any atom is -0.326 e. The first-order chi connectivity index (χ1) is 10.6. The van der Waals surface area contributed by atoms with E-state index in [0.29, 0.717) is 5.69 Å². The summed E-state index contributed by atoms with van der Waals surface area (Å²) in [5.74, 6) is 4.86. The fourth-order valence-corrected chi connectivity index (χ4v) is 1.83. The molecule has 3 nitrogen and oxygen atoms in total. The van der Waals surface area contributed by atoms with Gasteiger partial charge in [0.15, 0.2) is 5.78 Å². The third-order valence-corrected chi connectivity index (χ3v) is 3.08. The number of Topliss-reactive ketones (excluding diaryl/α,β-unsaturated/α-hetero) is 1. The first-order valence-electron chi connectivity index (χ1n) is 7.09. The molecule has 1 N–H and O–H groups in total. The molecule has 0 bridgehead atoms. The number of nitrogens with one attached hydrogen (secondary N) is 1. The van der Waals surface area contributed by atoms with Gasteiger partial charge in [0.1, 0.15) is 0 Å². The second-order valence-electron chi connectivity index (χ2n) is 4.91. The lowest BCUT2D eigenvalue weighted by Gasteiger charge is -2.05. The molecule has 0 aliphatic rings. The summed E-state index contributed by atoms with van der Waals surface area (Å²) in [5.41, 5.74) is 1.54. The van der Waals surface area contributed by atoms with Gasteiger partial charge in [-0.2, -0.15) is 0 Å². The molecule has 1 unspecified atom stereocenters. The van der Waals surface area contributed by atoms with Crippen LogP contribution in [0.2, 0.25) is 0 Å². The minimum atomic E-state index is -0.471. The number of anilines is 1. The van der Waals surface area contributed by atoms with Gasteiger partial charge in [-0.15, -0.1) is 0 Å². The molecule has 2 rings (SSSR count). The molecule has 3 heteroatoms. The fourth-order valence-electron chi connectivity index (χ4n) is 1.83. The van der Waals surface area contributed by atoms with Crippen molar-refractivity contribution in [1.29, 1.82) is 0 Å². The predicted molar refractivity (Wildman–Crippen MR) is 87.2 cm³/mol. The van der Waals surface area contributed by atoms with Crippen LogP contribution in [0.25, 0.3) is 0 Å². The Morgan fingerprint density at radius 3 is 2.23 bits per heavy atom. The summed E-state index contributed by atoms with van der Waals surface area (Å²) in [6, 6.07) is 18.5. The van der Waals surface area contributed by atoms with Gasteiger partial charge in [0.25, 0.3) is 0 Å². The topological polar surface area (TPSA) is 46.2 Å². The lowest BCUT2D eigenvalue weighted by molar-refractivity contribution is -0.126. The van der Waals surface area contributed by atoms with Gasteiger partial charge in [0.2, 0.25) is 5.91 Å². The lowest BCUT2D eigenvalue weighted by atomic mass is 10.0. The third kappa shape index (κ3) is 4.92. The second-order valence-corrected chi connectivity index (χ2v) is 4.91. The zero-order valence-electron chi connectivity index (χ0n) is 12.4. The highest BCUT2D eigenvalue weighted by Crippen LogP contribution is 2.07. The molecule has 2 aromatic carbocycles. The number of rotatable bonds is 4. The van der Waals surface area contributed by atoms with E-state index in [1.807, 2.05) is 48.5 Å². The average molecular weight is 291 g/mol. The van der Waals surface area contributed by atoms with E-state index < -0.39 is 5.92 Å². The van der Waals surface area contributed by atoms with Gasteiger partial charge in [0, 0.05) is 11.3 Å². The van der Waals surface area contributed by atoms with Crippen molar-refractivity contribution >= 4 is 17.4 Å². The SMILES string of the molecule is CC(C#Cc1ccccc1)C(=O)CC(=O)Nc1ccccc1. The molecule has 1 atom stereocenters. The summed E-state index contributed by atoms with van der Waals surface area (Å²) in [6.45, 7) is 1.72. The van der Waals surface area contributed by atoms with E-state index in [1.54, 1.807) is 19.1 Å². The van der Waals surface area contributed by atoms with Crippen LogP contribution in [0.4, 0.5) is 5.69 Å². The minimum absolute atomic E-state index is 0.167. The Kier molecular flexibility index (Phi) is 5.50. The van der Waals surface area contributed by atoms with Crippen molar-refractivity contribution in [3.8, 4) is 11.8 Å². The zero-order valence-corrected chi connectivity index (χ0v) is 12.4. The molecular weight excluding hydrogens is 274 g/mol. The molecule has 0 aliphatic heterocycles. The van der Waals surface area contributed by atoms with Crippen LogP contribution in [0, 0.1) is 17.8 Å². The van der Waals surface area contributed by atoms with Crippen LogP contribution in [0.1, 0.15) is 18.9 Å². The van der Waals surface area contributed by atoms with Crippen molar-refractivity contribution in [2.45, 2.75) is 13.3 Å². The number of hydrogen-bond donors (Lipinski definition) is 1. The number of amides is 1. The molecule has 1 amide bonds. The standard InChI is InChI=1S/C19H17NO2/c1-15(12-13-16-8-4-2-5-9-16)18(21)14-19(22)20-17-10-6-3-7-11-17/h2-11,15H,14H2,1H3,(H,20,22). The molecule has 0 saturated heterocycles. The zero-order chi connectivity index (χ0) is 15.8. The van der Waals surface area contributed by atoms with Crippen molar-refractivity contribution in [1.82, 2.24) is 0 Å². The molecular formula is C19H17NO2. The molecule has 22 heavy (non-hydrogen) atoms. The smallest absolute Gasteiger partial charge is 0.231 e. The summed E-state index contributed by atoms with van der Waals surface area (Å²) < 4.78 is 0. The highest BCUT2D eigenvalue weighted by Gasteiger charge is 2.15. The number of carbonyl (C=O) groups is 2. The summed E-state index contributed by atoms with van der Waals surface area (Å²) in [6.07, 6.45) is -0.167. The summed E-state index contributed by atoms with van der Waals surface area (Å²) >= 11 is 0. The average Bonchev–Trinajstić information content (AvgIpc) is 2.54. The second kappa shape index (κ2) is 7.80. The Morgan fingerprint density at radius 1 is 1.00 bits per heavy atom. The fraction of sp³-hybridized carbons (Fsp3) is 0.158. The van der Waals surface area contributed by atoms with E-state index in [1.165, 1.54) is 0 Å². The van der Waals surface area contributed by atoms with Crippen LogP contribution >= 0.6 is 0 Å². The van der Waals surface area contributed by atoms with E-state index >= 15 is 0 Å². The quantitative estimate of drug-likeness (QED) is 0.694. The van der Waals surface area contributed by atoms with Crippen molar-refractivity contribution in [3.63, 3.8) is 0 Å². The molecule has 0 aliphatic carbocycles. The number of ketones is 1. The van der Waals surface area contributed by atoms with E-state index in [0.717, 1.165) is 5.56 Å². The Balaban J connectivity index is 1.89. The third-order valence-electron chi connectivity index (χ3n) is 3.08. The lowest BCUT2D eigenvalue weighted by Crippen LogP contribution is -2.20. The number of hydrogen-bond acceptors (Lipinski definition) is 2. The highest BCUT2D eigenvalue weighted by molar-refractivity contribution is 6.05. The van der Waals surface area contributed by atoms with Crippen molar-refractivity contribution < 1.29 is 9.59 Å². The molecule has 0 fully saturated rings. The first kappa shape index (κ1) is 15.5. The van der Waals surface area contributed by atoms with E-state index in [2.05, 4.69) is 17.2 Å². The first-order valence-corrected chi connectivity index (χ1v) is 7.09. The van der Waals surface area contributed by atoms with Crippen LogP contribution in [0.5, 0.6) is 0 Å². The Bertz CT molecular complexity index is 696. The monoisotopic (exact) mass is 291 g/mol. The molecule has 0 aromatic heterocycles. The Morgan fingerprint density at radius 2 is 1.59 bits per heavy atom. The van der Waals surface area contributed by atoms with Gasteiger partial charge in [-0.05, 0) is 31.2 Å². The highest BCUT2D eigenvalue weighted by atomic mass is 16.2.